The standard InChI is InChI=1S/C30H36Cl2N6O3/c1-20(29(39)40)11-21-3-5-37(6-4-21)19-22-12-27(23-14-24(31)16-25(32)15-23)35-28(13-22)41-26-17-33-30(34-18-26)38-9-7-36(2)8-10-38/h12-18,20-21H,3-11,19H2,1-2H3,(H,39,40). The van der Waals surface area contributed by atoms with Gasteiger partial charge in [0.05, 0.1) is 24.0 Å². The van der Waals surface area contributed by atoms with E-state index in [1.165, 1.54) is 0 Å². The summed E-state index contributed by atoms with van der Waals surface area (Å²) >= 11 is 12.6. The number of rotatable bonds is 9. The molecular formula is C30H36Cl2N6O3. The molecule has 11 heteroatoms. The van der Waals surface area contributed by atoms with E-state index in [4.69, 9.17) is 32.9 Å². The third-order valence-electron chi connectivity index (χ3n) is 7.86. The van der Waals surface area contributed by atoms with Gasteiger partial charge in [0, 0.05) is 54.4 Å². The van der Waals surface area contributed by atoms with Crippen molar-refractivity contribution in [2.45, 2.75) is 32.7 Å². The number of aromatic nitrogens is 3. The van der Waals surface area contributed by atoms with Gasteiger partial charge < -0.3 is 19.6 Å². The molecule has 1 N–H and O–H groups in total. The molecule has 0 radical (unpaired) electrons. The van der Waals surface area contributed by atoms with Gasteiger partial charge in [0.25, 0.3) is 0 Å². The summed E-state index contributed by atoms with van der Waals surface area (Å²) in [5.74, 6) is 1.06. The summed E-state index contributed by atoms with van der Waals surface area (Å²) in [6.45, 7) is 8.08. The van der Waals surface area contributed by atoms with Gasteiger partial charge in [-0.3, -0.25) is 9.69 Å². The molecule has 1 unspecified atom stereocenters. The maximum Gasteiger partial charge on any atom is 0.306 e. The molecule has 0 amide bonds. The third-order valence-corrected chi connectivity index (χ3v) is 8.30. The second kappa shape index (κ2) is 13.3. The fraction of sp³-hybridized carbons (Fsp3) is 0.467. The van der Waals surface area contributed by atoms with Crippen LogP contribution in [0.2, 0.25) is 10.0 Å². The fourth-order valence-corrected chi connectivity index (χ4v) is 5.97. The lowest BCUT2D eigenvalue weighted by atomic mass is 9.88. The predicted octanol–water partition coefficient (Wildman–Crippen LogP) is 5.71. The van der Waals surface area contributed by atoms with E-state index >= 15 is 0 Å². The van der Waals surface area contributed by atoms with Crippen LogP contribution in [0.3, 0.4) is 0 Å². The van der Waals surface area contributed by atoms with E-state index in [1.807, 2.05) is 24.3 Å². The van der Waals surface area contributed by atoms with Gasteiger partial charge in [0.2, 0.25) is 11.8 Å². The van der Waals surface area contributed by atoms with Crippen molar-refractivity contribution in [3.8, 4) is 22.9 Å². The lowest BCUT2D eigenvalue weighted by Gasteiger charge is -2.32. The van der Waals surface area contributed by atoms with E-state index in [-0.39, 0.29) is 5.92 Å². The first-order valence-corrected chi connectivity index (χ1v) is 14.8. The van der Waals surface area contributed by atoms with Crippen molar-refractivity contribution in [1.82, 2.24) is 24.8 Å². The molecular weight excluding hydrogens is 563 g/mol. The van der Waals surface area contributed by atoms with Crippen LogP contribution in [-0.2, 0) is 11.3 Å². The number of ether oxygens (including phenoxy) is 1. The molecule has 9 nitrogen and oxygen atoms in total. The zero-order chi connectivity index (χ0) is 28.9. The molecule has 0 spiro atoms. The number of carboxylic acids is 1. The van der Waals surface area contributed by atoms with Crippen LogP contribution < -0.4 is 9.64 Å². The van der Waals surface area contributed by atoms with Gasteiger partial charge >= 0.3 is 5.97 Å². The van der Waals surface area contributed by atoms with Gasteiger partial charge in [-0.25, -0.2) is 15.0 Å². The highest BCUT2D eigenvalue weighted by molar-refractivity contribution is 6.35. The smallest absolute Gasteiger partial charge is 0.306 e. The normalized spacial score (nSPS) is 17.9. The Morgan fingerprint density at radius 2 is 1.66 bits per heavy atom. The minimum Gasteiger partial charge on any atom is -0.481 e. The largest absolute Gasteiger partial charge is 0.481 e. The number of anilines is 1. The van der Waals surface area contributed by atoms with Crippen LogP contribution in [0.5, 0.6) is 11.6 Å². The summed E-state index contributed by atoms with van der Waals surface area (Å²) in [7, 11) is 2.12. The number of likely N-dealkylation sites (N-methyl/N-ethyl adjacent to an activating group) is 1. The Morgan fingerprint density at radius 3 is 2.29 bits per heavy atom. The predicted molar refractivity (Wildman–Crippen MR) is 161 cm³/mol. The number of likely N-dealkylation sites (tertiary alicyclic amines) is 1. The van der Waals surface area contributed by atoms with E-state index in [9.17, 15) is 9.90 Å². The minimum atomic E-state index is -0.718. The Labute approximate surface area is 251 Å². The SMILES string of the molecule is CC(CC1CCN(Cc2cc(Oc3cnc(N4CCN(C)CC4)nc3)nc(-c3cc(Cl)cc(Cl)c3)c2)CC1)C(=O)O. The number of pyridine rings is 1. The molecule has 4 heterocycles. The Bertz CT molecular complexity index is 1320. The Kier molecular flexibility index (Phi) is 9.60. The number of aliphatic carboxylic acids is 1. The van der Waals surface area contributed by atoms with Gasteiger partial charge in [-0.15, -0.1) is 0 Å². The molecule has 0 aliphatic carbocycles. The van der Waals surface area contributed by atoms with E-state index in [0.717, 1.165) is 76.2 Å². The summed E-state index contributed by atoms with van der Waals surface area (Å²) in [5, 5.41) is 10.3. The van der Waals surface area contributed by atoms with Crippen LogP contribution in [-0.4, -0.2) is 82.1 Å². The Balaban J connectivity index is 1.32. The van der Waals surface area contributed by atoms with E-state index < -0.39 is 5.97 Å². The highest BCUT2D eigenvalue weighted by Gasteiger charge is 2.24. The summed E-state index contributed by atoms with van der Waals surface area (Å²) in [6.07, 6.45) is 6.08. The average molecular weight is 600 g/mol. The Hall–Kier alpha value is -2.98. The average Bonchev–Trinajstić information content (AvgIpc) is 2.94. The van der Waals surface area contributed by atoms with Crippen LogP contribution >= 0.6 is 23.2 Å². The van der Waals surface area contributed by atoms with Crippen molar-refractivity contribution in [3.05, 3.63) is 58.3 Å². The topological polar surface area (TPSA) is 94.9 Å². The van der Waals surface area contributed by atoms with Crippen molar-refractivity contribution in [2.75, 3.05) is 51.2 Å². The first-order chi connectivity index (χ1) is 19.7. The van der Waals surface area contributed by atoms with Gasteiger partial charge in [-0.05, 0) is 75.1 Å². The van der Waals surface area contributed by atoms with Crippen molar-refractivity contribution in [1.29, 1.82) is 0 Å². The number of piperidine rings is 1. The summed E-state index contributed by atoms with van der Waals surface area (Å²) < 4.78 is 6.17. The van der Waals surface area contributed by atoms with E-state index in [0.29, 0.717) is 39.2 Å². The van der Waals surface area contributed by atoms with Crippen LogP contribution in [0.25, 0.3) is 11.3 Å². The monoisotopic (exact) mass is 598 g/mol. The molecule has 2 aromatic heterocycles. The maximum absolute atomic E-state index is 11.3. The molecule has 41 heavy (non-hydrogen) atoms. The third kappa shape index (κ3) is 8.07. The zero-order valence-electron chi connectivity index (χ0n) is 23.5. The molecule has 3 aromatic rings. The molecule has 0 saturated carbocycles. The second-order valence-electron chi connectivity index (χ2n) is 11.2. The van der Waals surface area contributed by atoms with Gasteiger partial charge in [-0.1, -0.05) is 30.1 Å². The van der Waals surface area contributed by atoms with Crippen LogP contribution in [0.4, 0.5) is 5.95 Å². The summed E-state index contributed by atoms with van der Waals surface area (Å²) in [5.41, 5.74) is 2.56. The highest BCUT2D eigenvalue weighted by Crippen LogP contribution is 2.31. The second-order valence-corrected chi connectivity index (χ2v) is 12.0. The molecule has 0 bridgehead atoms. The lowest BCUT2D eigenvalue weighted by Crippen LogP contribution is -2.45. The molecule has 2 aliphatic heterocycles. The number of nitrogens with zero attached hydrogens (tertiary/aromatic N) is 6. The zero-order valence-corrected chi connectivity index (χ0v) is 25.0. The molecule has 218 valence electrons. The number of piperazine rings is 1. The van der Waals surface area contributed by atoms with E-state index in [1.54, 1.807) is 25.4 Å². The number of benzene rings is 1. The highest BCUT2D eigenvalue weighted by atomic mass is 35.5. The quantitative estimate of drug-likeness (QED) is 0.332. The Morgan fingerprint density at radius 1 is 1.00 bits per heavy atom. The number of carboxylic acid groups (broad SMARTS) is 1. The van der Waals surface area contributed by atoms with Crippen LogP contribution in [0, 0.1) is 11.8 Å². The van der Waals surface area contributed by atoms with Gasteiger partial charge in [0.15, 0.2) is 5.75 Å². The summed E-state index contributed by atoms with van der Waals surface area (Å²) in [4.78, 5) is 32.0. The number of carbonyl (C=O) groups is 1. The van der Waals surface area contributed by atoms with Crippen molar-refractivity contribution >= 4 is 35.1 Å². The number of hydrogen-bond donors (Lipinski definition) is 1. The molecule has 5 rings (SSSR count). The fourth-order valence-electron chi connectivity index (χ4n) is 5.44. The molecule has 1 aromatic carbocycles. The first kappa shape index (κ1) is 29.5. The van der Waals surface area contributed by atoms with Crippen LogP contribution in [0.15, 0.2) is 42.7 Å². The van der Waals surface area contributed by atoms with Crippen molar-refractivity contribution < 1.29 is 14.6 Å². The molecule has 2 saturated heterocycles. The minimum absolute atomic E-state index is 0.307. The number of halogens is 2. The maximum atomic E-state index is 11.3. The van der Waals surface area contributed by atoms with Gasteiger partial charge in [0.1, 0.15) is 0 Å². The van der Waals surface area contributed by atoms with Gasteiger partial charge in [-0.2, -0.15) is 0 Å². The molecule has 2 fully saturated rings. The molecule has 2 aliphatic rings. The molecule has 1 atom stereocenters. The van der Waals surface area contributed by atoms with Crippen LogP contribution in [0.1, 0.15) is 31.7 Å². The number of hydrogen-bond acceptors (Lipinski definition) is 8. The lowest BCUT2D eigenvalue weighted by molar-refractivity contribution is -0.141. The summed E-state index contributed by atoms with van der Waals surface area (Å²) in [6, 6.07) is 9.37. The first-order valence-electron chi connectivity index (χ1n) is 14.1. The van der Waals surface area contributed by atoms with Crippen molar-refractivity contribution in [2.24, 2.45) is 11.8 Å². The van der Waals surface area contributed by atoms with Crippen molar-refractivity contribution in [3.63, 3.8) is 0 Å². The van der Waals surface area contributed by atoms with E-state index in [2.05, 4.69) is 31.7 Å².